The van der Waals surface area contributed by atoms with Crippen LogP contribution < -0.4 is 0 Å². The average molecular weight is 106 g/mol. The van der Waals surface area contributed by atoms with Crippen LogP contribution in [-0.4, -0.2) is 0 Å². The maximum absolute atomic E-state index is 3.05. The fraction of sp³-hybridized carbons (Fsp3) is 0.500. The highest BCUT2D eigenvalue weighted by molar-refractivity contribution is 5.15. The lowest BCUT2D eigenvalue weighted by Gasteiger charge is -1.91. The number of hydrogen-bond donors (Lipinski definition) is 0. The van der Waals surface area contributed by atoms with Gasteiger partial charge in [-0.1, -0.05) is 17.9 Å². The van der Waals surface area contributed by atoms with Crippen LogP contribution in [-0.2, 0) is 0 Å². The molecule has 0 bridgehead atoms. The topological polar surface area (TPSA) is 0 Å². The monoisotopic (exact) mass is 106 g/mol. The molecule has 0 spiro atoms. The molecule has 1 rings (SSSR count). The fourth-order valence-electron chi connectivity index (χ4n) is 0.749. The molecule has 0 fully saturated rings. The van der Waals surface area contributed by atoms with Gasteiger partial charge in [-0.2, -0.15) is 0 Å². The van der Waals surface area contributed by atoms with E-state index in [-0.39, 0.29) is 0 Å². The second-order valence-electron chi connectivity index (χ2n) is 1.97. The van der Waals surface area contributed by atoms with Gasteiger partial charge in [0, 0.05) is 6.42 Å². The molecule has 0 radical (unpaired) electrons. The first-order valence-electron chi connectivity index (χ1n) is 3.13. The highest BCUT2D eigenvalue weighted by atomic mass is 13.9. The molecule has 0 N–H and O–H groups in total. The predicted molar refractivity (Wildman–Crippen MR) is 35.4 cm³/mol. The van der Waals surface area contributed by atoms with E-state index in [0.717, 1.165) is 6.42 Å². The smallest absolute Gasteiger partial charge is 0.00923 e. The molecule has 1 aliphatic carbocycles. The second-order valence-corrected chi connectivity index (χ2v) is 1.97. The molecule has 42 valence electrons. The minimum atomic E-state index is 1.09. The van der Waals surface area contributed by atoms with Gasteiger partial charge in [-0.05, 0) is 25.3 Å². The third kappa shape index (κ3) is 1.84. The Kier molecular flexibility index (Phi) is 2.26. The summed E-state index contributed by atoms with van der Waals surface area (Å²) < 4.78 is 0. The normalized spacial score (nSPS) is 22.0. The minimum Gasteiger partial charge on any atom is -0.0985 e. The van der Waals surface area contributed by atoms with Gasteiger partial charge in [0.25, 0.3) is 0 Å². The van der Waals surface area contributed by atoms with Crippen LogP contribution >= 0.6 is 0 Å². The first kappa shape index (κ1) is 5.44. The Morgan fingerprint density at radius 1 is 1.25 bits per heavy atom. The Balaban J connectivity index is 2.41. The van der Waals surface area contributed by atoms with Crippen LogP contribution in [0.5, 0.6) is 0 Å². The standard InChI is InChI=1S/C8H10/c1-2-4-6-8-7-5-3-1/h1-2H,3,5,7-8H2/b2-1-. The van der Waals surface area contributed by atoms with Crippen LogP contribution in [0.2, 0.25) is 0 Å². The van der Waals surface area contributed by atoms with Gasteiger partial charge in [-0.15, -0.1) is 0 Å². The van der Waals surface area contributed by atoms with E-state index in [2.05, 4.69) is 17.9 Å². The zero-order chi connectivity index (χ0) is 5.66. The molecule has 0 aromatic heterocycles. The lowest BCUT2D eigenvalue weighted by molar-refractivity contribution is 0.770. The summed E-state index contributed by atoms with van der Waals surface area (Å²) in [4.78, 5) is 0. The van der Waals surface area contributed by atoms with Gasteiger partial charge in [-0.25, -0.2) is 0 Å². The minimum absolute atomic E-state index is 1.09. The van der Waals surface area contributed by atoms with E-state index in [1.54, 1.807) is 0 Å². The molecular formula is C8H10. The summed E-state index contributed by atoms with van der Waals surface area (Å²) >= 11 is 0. The summed E-state index contributed by atoms with van der Waals surface area (Å²) in [7, 11) is 0. The highest BCUT2D eigenvalue weighted by Crippen LogP contribution is 2.01. The highest BCUT2D eigenvalue weighted by Gasteiger charge is 1.83. The van der Waals surface area contributed by atoms with Crippen LogP contribution in [0.25, 0.3) is 0 Å². The molecule has 1 aliphatic rings. The molecule has 0 saturated carbocycles. The Bertz CT molecular complexity index is 132. The van der Waals surface area contributed by atoms with Gasteiger partial charge < -0.3 is 0 Å². The van der Waals surface area contributed by atoms with Gasteiger partial charge >= 0.3 is 0 Å². The van der Waals surface area contributed by atoms with E-state index in [9.17, 15) is 0 Å². The van der Waals surface area contributed by atoms with Crippen molar-refractivity contribution in [1.82, 2.24) is 0 Å². The molecular weight excluding hydrogens is 96.1 g/mol. The molecule has 0 aromatic rings. The molecule has 0 aliphatic heterocycles. The molecule has 8 heavy (non-hydrogen) atoms. The first-order chi connectivity index (χ1) is 4.00. The van der Waals surface area contributed by atoms with Crippen LogP contribution in [0, 0.1) is 11.8 Å². The van der Waals surface area contributed by atoms with Crippen molar-refractivity contribution in [3.8, 4) is 11.8 Å². The summed E-state index contributed by atoms with van der Waals surface area (Å²) in [6, 6.07) is 0. The maximum atomic E-state index is 3.05. The SMILES string of the molecule is C1#CCCCC/C=C\1. The number of hydrogen-bond acceptors (Lipinski definition) is 0. The molecule has 0 heteroatoms. The largest absolute Gasteiger partial charge is 0.0985 e. The van der Waals surface area contributed by atoms with Crippen molar-refractivity contribution in [2.45, 2.75) is 25.7 Å². The molecule has 0 aromatic carbocycles. The van der Waals surface area contributed by atoms with E-state index < -0.39 is 0 Å². The van der Waals surface area contributed by atoms with Crippen LogP contribution in [0.15, 0.2) is 12.2 Å². The summed E-state index contributed by atoms with van der Waals surface area (Å²) in [6.45, 7) is 0. The molecule has 0 unspecified atom stereocenters. The predicted octanol–water partition coefficient (Wildman–Crippen LogP) is 2.12. The number of allylic oxidation sites excluding steroid dienone is 2. The van der Waals surface area contributed by atoms with E-state index in [1.165, 1.54) is 19.3 Å². The van der Waals surface area contributed by atoms with Gasteiger partial charge in [-0.3, -0.25) is 0 Å². The third-order valence-electron chi connectivity index (χ3n) is 1.23. The van der Waals surface area contributed by atoms with Crippen molar-refractivity contribution in [1.29, 1.82) is 0 Å². The van der Waals surface area contributed by atoms with Crippen LogP contribution in [0.3, 0.4) is 0 Å². The summed E-state index contributed by atoms with van der Waals surface area (Å²) in [5, 5.41) is 0. The average Bonchev–Trinajstić information content (AvgIpc) is 1.62. The lowest BCUT2D eigenvalue weighted by Crippen LogP contribution is -1.74. The first-order valence-corrected chi connectivity index (χ1v) is 3.13. The Labute approximate surface area is 50.6 Å². The van der Waals surface area contributed by atoms with Gasteiger partial charge in [0.15, 0.2) is 0 Å². The van der Waals surface area contributed by atoms with Gasteiger partial charge in [0.1, 0.15) is 0 Å². The molecule has 0 atom stereocenters. The molecule has 0 amide bonds. The lowest BCUT2D eigenvalue weighted by atomic mass is 10.1. The van der Waals surface area contributed by atoms with E-state index >= 15 is 0 Å². The number of rotatable bonds is 0. The third-order valence-corrected chi connectivity index (χ3v) is 1.23. The van der Waals surface area contributed by atoms with Gasteiger partial charge in [0.2, 0.25) is 0 Å². The van der Waals surface area contributed by atoms with Crippen molar-refractivity contribution in [3.05, 3.63) is 12.2 Å². The van der Waals surface area contributed by atoms with Crippen molar-refractivity contribution in [2.75, 3.05) is 0 Å². The van der Waals surface area contributed by atoms with Crippen molar-refractivity contribution < 1.29 is 0 Å². The summed E-state index contributed by atoms with van der Waals surface area (Å²) in [5.74, 6) is 6.01. The van der Waals surface area contributed by atoms with Crippen LogP contribution in [0.4, 0.5) is 0 Å². The Hall–Kier alpha value is -0.700. The fourth-order valence-corrected chi connectivity index (χ4v) is 0.749. The Morgan fingerprint density at radius 3 is 3.25 bits per heavy atom. The molecule has 0 heterocycles. The van der Waals surface area contributed by atoms with Crippen molar-refractivity contribution in [3.63, 3.8) is 0 Å². The quantitative estimate of drug-likeness (QED) is 0.415. The van der Waals surface area contributed by atoms with E-state index in [0.29, 0.717) is 0 Å². The van der Waals surface area contributed by atoms with Gasteiger partial charge in [0.05, 0.1) is 0 Å². The molecule has 0 saturated heterocycles. The summed E-state index contributed by atoms with van der Waals surface area (Å²) in [5.41, 5.74) is 0. The Morgan fingerprint density at radius 2 is 2.25 bits per heavy atom. The molecule has 0 nitrogen and oxygen atoms in total. The maximum Gasteiger partial charge on any atom is 0.00923 e. The zero-order valence-corrected chi connectivity index (χ0v) is 4.98. The van der Waals surface area contributed by atoms with E-state index in [1.807, 2.05) is 6.08 Å². The zero-order valence-electron chi connectivity index (χ0n) is 4.98. The summed E-state index contributed by atoms with van der Waals surface area (Å²) in [6.07, 6.45) is 8.99. The second kappa shape index (κ2) is 3.32. The van der Waals surface area contributed by atoms with Crippen molar-refractivity contribution in [2.24, 2.45) is 0 Å². The van der Waals surface area contributed by atoms with Crippen molar-refractivity contribution >= 4 is 0 Å². The van der Waals surface area contributed by atoms with Crippen LogP contribution in [0.1, 0.15) is 25.7 Å². The van der Waals surface area contributed by atoms with E-state index in [4.69, 9.17) is 0 Å².